The van der Waals surface area contributed by atoms with Gasteiger partial charge < -0.3 is 14.4 Å². The van der Waals surface area contributed by atoms with Gasteiger partial charge in [-0.2, -0.15) is 0 Å². The maximum Gasteiger partial charge on any atom is 0.269 e. The molecule has 0 unspecified atom stereocenters. The SMILES string of the molecule is CCCOc1ccc(C(=O)N2CCN(Cc3cccc([N+](=O)[O-])c3)CC2)cc1OCCC. The fourth-order valence-electron chi connectivity index (χ4n) is 3.62. The quantitative estimate of drug-likeness (QED) is 0.407. The van der Waals surface area contributed by atoms with Gasteiger partial charge in [-0.1, -0.05) is 26.0 Å². The first-order chi connectivity index (χ1) is 15.5. The van der Waals surface area contributed by atoms with Gasteiger partial charge in [-0.3, -0.25) is 19.8 Å². The van der Waals surface area contributed by atoms with Crippen molar-refractivity contribution >= 4 is 11.6 Å². The van der Waals surface area contributed by atoms with Crippen LogP contribution in [0.5, 0.6) is 11.5 Å². The molecular formula is C24H31N3O5. The second kappa shape index (κ2) is 11.5. The van der Waals surface area contributed by atoms with Gasteiger partial charge in [0.05, 0.1) is 18.1 Å². The maximum absolute atomic E-state index is 13.1. The summed E-state index contributed by atoms with van der Waals surface area (Å²) in [4.78, 5) is 27.7. The molecule has 0 aliphatic carbocycles. The highest BCUT2D eigenvalue weighted by Crippen LogP contribution is 2.29. The molecule has 1 fully saturated rings. The first kappa shape index (κ1) is 23.5. The van der Waals surface area contributed by atoms with Gasteiger partial charge >= 0.3 is 0 Å². The summed E-state index contributed by atoms with van der Waals surface area (Å²) in [5.41, 5.74) is 1.59. The Morgan fingerprint density at radius 3 is 2.31 bits per heavy atom. The number of non-ortho nitro benzene ring substituents is 1. The second-order valence-electron chi connectivity index (χ2n) is 7.85. The second-order valence-corrected chi connectivity index (χ2v) is 7.85. The van der Waals surface area contributed by atoms with E-state index in [2.05, 4.69) is 4.90 Å². The monoisotopic (exact) mass is 441 g/mol. The Bertz CT molecular complexity index is 926. The van der Waals surface area contributed by atoms with Crippen LogP contribution in [0.15, 0.2) is 42.5 Å². The van der Waals surface area contributed by atoms with E-state index < -0.39 is 0 Å². The number of rotatable bonds is 10. The molecule has 2 aromatic rings. The fourth-order valence-corrected chi connectivity index (χ4v) is 3.62. The van der Waals surface area contributed by atoms with Crippen molar-refractivity contribution in [2.24, 2.45) is 0 Å². The summed E-state index contributed by atoms with van der Waals surface area (Å²) in [7, 11) is 0. The van der Waals surface area contributed by atoms with Gasteiger partial charge in [0, 0.05) is 50.4 Å². The Balaban J connectivity index is 1.60. The van der Waals surface area contributed by atoms with Crippen LogP contribution in [-0.4, -0.2) is 60.0 Å². The van der Waals surface area contributed by atoms with Gasteiger partial charge in [0.1, 0.15) is 0 Å². The molecule has 1 saturated heterocycles. The lowest BCUT2D eigenvalue weighted by Gasteiger charge is -2.34. The molecule has 0 bridgehead atoms. The molecule has 0 radical (unpaired) electrons. The zero-order chi connectivity index (χ0) is 22.9. The molecule has 0 N–H and O–H groups in total. The third kappa shape index (κ3) is 6.20. The number of carbonyl (C=O) groups is 1. The molecule has 1 aliphatic heterocycles. The summed E-state index contributed by atoms with van der Waals surface area (Å²) >= 11 is 0. The third-order valence-electron chi connectivity index (χ3n) is 5.30. The summed E-state index contributed by atoms with van der Waals surface area (Å²) in [6, 6.07) is 12.1. The number of amides is 1. The van der Waals surface area contributed by atoms with Crippen LogP contribution in [0.1, 0.15) is 42.6 Å². The van der Waals surface area contributed by atoms with Gasteiger partial charge in [-0.25, -0.2) is 0 Å². The Labute approximate surface area is 188 Å². The van der Waals surface area contributed by atoms with Crippen molar-refractivity contribution in [1.29, 1.82) is 0 Å². The van der Waals surface area contributed by atoms with Crippen molar-refractivity contribution in [1.82, 2.24) is 9.80 Å². The summed E-state index contributed by atoms with van der Waals surface area (Å²) < 4.78 is 11.6. The summed E-state index contributed by atoms with van der Waals surface area (Å²) in [6.45, 7) is 8.51. The summed E-state index contributed by atoms with van der Waals surface area (Å²) in [6.07, 6.45) is 1.77. The van der Waals surface area contributed by atoms with E-state index in [1.807, 2.05) is 30.9 Å². The average molecular weight is 442 g/mol. The Morgan fingerprint density at radius 1 is 0.969 bits per heavy atom. The first-order valence-corrected chi connectivity index (χ1v) is 11.2. The van der Waals surface area contributed by atoms with Crippen LogP contribution < -0.4 is 9.47 Å². The minimum absolute atomic E-state index is 0.0246. The maximum atomic E-state index is 13.1. The lowest BCUT2D eigenvalue weighted by molar-refractivity contribution is -0.384. The van der Waals surface area contributed by atoms with Crippen LogP contribution in [0.3, 0.4) is 0 Å². The van der Waals surface area contributed by atoms with Crippen LogP contribution in [0.25, 0.3) is 0 Å². The van der Waals surface area contributed by atoms with Crippen molar-refractivity contribution in [3.05, 3.63) is 63.7 Å². The Kier molecular flexibility index (Phi) is 8.44. The first-order valence-electron chi connectivity index (χ1n) is 11.2. The molecule has 32 heavy (non-hydrogen) atoms. The smallest absolute Gasteiger partial charge is 0.269 e. The van der Waals surface area contributed by atoms with Crippen molar-refractivity contribution in [2.75, 3.05) is 39.4 Å². The molecule has 0 spiro atoms. The number of nitro benzene ring substituents is 1. The lowest BCUT2D eigenvalue weighted by atomic mass is 10.1. The van der Waals surface area contributed by atoms with Crippen molar-refractivity contribution < 1.29 is 19.2 Å². The Morgan fingerprint density at radius 2 is 1.66 bits per heavy atom. The average Bonchev–Trinajstić information content (AvgIpc) is 2.82. The van der Waals surface area contributed by atoms with E-state index >= 15 is 0 Å². The number of piperazine rings is 1. The molecule has 0 saturated carbocycles. The van der Waals surface area contributed by atoms with Gasteiger partial charge in [0.2, 0.25) is 0 Å². The number of benzene rings is 2. The number of carbonyl (C=O) groups excluding carboxylic acids is 1. The minimum atomic E-state index is -0.378. The standard InChI is InChI=1S/C24H31N3O5/c1-3-14-31-22-9-8-20(17-23(22)32-15-4-2)24(28)26-12-10-25(11-13-26)18-19-6-5-7-21(16-19)27(29)30/h5-9,16-17H,3-4,10-15,18H2,1-2H3. The topological polar surface area (TPSA) is 85.2 Å². The molecule has 0 atom stereocenters. The van der Waals surface area contributed by atoms with E-state index in [-0.39, 0.29) is 16.5 Å². The van der Waals surface area contributed by atoms with E-state index in [4.69, 9.17) is 9.47 Å². The molecule has 8 nitrogen and oxygen atoms in total. The highest BCUT2D eigenvalue weighted by atomic mass is 16.6. The van der Waals surface area contributed by atoms with Crippen LogP contribution in [0.4, 0.5) is 5.69 Å². The third-order valence-corrected chi connectivity index (χ3v) is 5.30. The van der Waals surface area contributed by atoms with Gasteiger partial charge in [-0.05, 0) is 36.6 Å². The number of ether oxygens (including phenoxy) is 2. The van der Waals surface area contributed by atoms with E-state index in [1.54, 1.807) is 24.3 Å². The molecule has 2 aromatic carbocycles. The molecule has 1 heterocycles. The molecule has 1 amide bonds. The minimum Gasteiger partial charge on any atom is -0.490 e. The van der Waals surface area contributed by atoms with Crippen molar-refractivity contribution in [3.8, 4) is 11.5 Å². The zero-order valence-electron chi connectivity index (χ0n) is 18.8. The van der Waals surface area contributed by atoms with Gasteiger partial charge in [-0.15, -0.1) is 0 Å². The molecule has 1 aliphatic rings. The van der Waals surface area contributed by atoms with E-state index in [0.29, 0.717) is 63.0 Å². The predicted octanol–water partition coefficient (Wildman–Crippen LogP) is 4.13. The molecule has 3 rings (SSSR count). The van der Waals surface area contributed by atoms with Crippen LogP contribution >= 0.6 is 0 Å². The van der Waals surface area contributed by atoms with Gasteiger partial charge in [0.15, 0.2) is 11.5 Å². The van der Waals surface area contributed by atoms with Crippen molar-refractivity contribution in [2.45, 2.75) is 33.2 Å². The fraction of sp³-hybridized carbons (Fsp3) is 0.458. The largest absolute Gasteiger partial charge is 0.490 e. The lowest BCUT2D eigenvalue weighted by Crippen LogP contribution is -2.48. The van der Waals surface area contributed by atoms with Crippen LogP contribution in [0.2, 0.25) is 0 Å². The molecular weight excluding hydrogens is 410 g/mol. The van der Waals surface area contributed by atoms with E-state index in [0.717, 1.165) is 18.4 Å². The number of hydrogen-bond donors (Lipinski definition) is 0. The number of nitro groups is 1. The number of nitrogens with zero attached hydrogens (tertiary/aromatic N) is 3. The summed E-state index contributed by atoms with van der Waals surface area (Å²) in [5.74, 6) is 1.25. The normalized spacial score (nSPS) is 14.2. The van der Waals surface area contributed by atoms with Gasteiger partial charge in [0.25, 0.3) is 11.6 Å². The van der Waals surface area contributed by atoms with Crippen molar-refractivity contribution in [3.63, 3.8) is 0 Å². The van der Waals surface area contributed by atoms with E-state index in [9.17, 15) is 14.9 Å². The molecule has 172 valence electrons. The highest BCUT2D eigenvalue weighted by molar-refractivity contribution is 5.95. The Hall–Kier alpha value is -3.13. The highest BCUT2D eigenvalue weighted by Gasteiger charge is 2.23. The predicted molar refractivity (Wildman–Crippen MR) is 122 cm³/mol. The zero-order valence-corrected chi connectivity index (χ0v) is 18.8. The van der Waals surface area contributed by atoms with Crippen LogP contribution in [0, 0.1) is 10.1 Å². The van der Waals surface area contributed by atoms with E-state index in [1.165, 1.54) is 6.07 Å². The summed E-state index contributed by atoms with van der Waals surface area (Å²) in [5, 5.41) is 11.0. The number of hydrogen-bond acceptors (Lipinski definition) is 6. The van der Waals surface area contributed by atoms with Crippen LogP contribution in [-0.2, 0) is 6.54 Å². The molecule has 0 aromatic heterocycles. The molecule has 8 heteroatoms.